The zero-order valence-corrected chi connectivity index (χ0v) is 17.6. The third-order valence-electron chi connectivity index (χ3n) is 5.17. The molecule has 0 saturated heterocycles. The van der Waals surface area contributed by atoms with Crippen LogP contribution in [-0.2, 0) is 6.42 Å². The number of aromatic nitrogens is 3. The van der Waals surface area contributed by atoms with Crippen LogP contribution in [0, 0.1) is 6.92 Å². The average molecular weight is 431 g/mol. The SMILES string of the molecule is CCc1nc2ccccc2c2c1C(=O)N(NC(=O)c1sc(-n3cccc3)nc1C)C2=O. The fourth-order valence-electron chi connectivity index (χ4n) is 3.71. The molecule has 4 heterocycles. The molecule has 0 radical (unpaired) electrons. The third-order valence-corrected chi connectivity index (χ3v) is 6.34. The van der Waals surface area contributed by atoms with Crippen molar-refractivity contribution in [3.05, 3.63) is 76.2 Å². The minimum atomic E-state index is -0.573. The molecule has 0 unspecified atom stereocenters. The molecule has 0 bridgehead atoms. The number of carbonyl (C=O) groups excluding carboxylic acids is 3. The highest BCUT2D eigenvalue weighted by atomic mass is 32.1. The highest BCUT2D eigenvalue weighted by Crippen LogP contribution is 2.31. The number of hydrogen-bond acceptors (Lipinski definition) is 6. The molecule has 9 heteroatoms. The van der Waals surface area contributed by atoms with E-state index in [1.807, 2.05) is 37.5 Å². The molecule has 3 aromatic heterocycles. The second kappa shape index (κ2) is 7.13. The van der Waals surface area contributed by atoms with Crippen molar-refractivity contribution < 1.29 is 14.4 Å². The van der Waals surface area contributed by atoms with Gasteiger partial charge in [0.15, 0.2) is 5.13 Å². The van der Waals surface area contributed by atoms with Gasteiger partial charge in [-0.2, -0.15) is 5.01 Å². The molecule has 0 aliphatic carbocycles. The molecule has 0 spiro atoms. The Balaban J connectivity index is 1.51. The zero-order chi connectivity index (χ0) is 21.7. The van der Waals surface area contributed by atoms with Gasteiger partial charge in [-0.1, -0.05) is 36.5 Å². The molecule has 0 fully saturated rings. The monoisotopic (exact) mass is 431 g/mol. The van der Waals surface area contributed by atoms with Gasteiger partial charge < -0.3 is 4.57 Å². The fourth-order valence-corrected chi connectivity index (χ4v) is 4.63. The molecule has 1 aromatic carbocycles. The van der Waals surface area contributed by atoms with Crippen molar-refractivity contribution in [2.75, 3.05) is 0 Å². The number of nitrogens with one attached hydrogen (secondary N) is 1. The number of pyridine rings is 1. The van der Waals surface area contributed by atoms with Crippen LogP contribution in [0.3, 0.4) is 0 Å². The van der Waals surface area contributed by atoms with Crippen LogP contribution in [-0.4, -0.2) is 37.3 Å². The number of benzene rings is 1. The van der Waals surface area contributed by atoms with Crippen molar-refractivity contribution in [2.45, 2.75) is 20.3 Å². The van der Waals surface area contributed by atoms with Crippen molar-refractivity contribution in [3.63, 3.8) is 0 Å². The molecule has 1 N–H and O–H groups in total. The van der Waals surface area contributed by atoms with Crippen LogP contribution in [0.25, 0.3) is 16.0 Å². The normalized spacial score (nSPS) is 13.2. The maximum atomic E-state index is 13.2. The molecule has 4 aromatic rings. The van der Waals surface area contributed by atoms with Gasteiger partial charge in [-0.3, -0.25) is 24.8 Å². The number of imide groups is 1. The number of hydrogen-bond donors (Lipinski definition) is 1. The molecular formula is C22H17N5O3S. The average Bonchev–Trinajstić information content (AvgIpc) is 3.49. The highest BCUT2D eigenvalue weighted by molar-refractivity contribution is 7.16. The van der Waals surface area contributed by atoms with E-state index >= 15 is 0 Å². The Kier molecular flexibility index (Phi) is 4.40. The minimum Gasteiger partial charge on any atom is -0.300 e. The van der Waals surface area contributed by atoms with Crippen molar-refractivity contribution in [3.8, 4) is 5.13 Å². The van der Waals surface area contributed by atoms with E-state index in [1.165, 1.54) is 11.3 Å². The summed E-state index contributed by atoms with van der Waals surface area (Å²) in [5.41, 5.74) is 4.71. The number of nitrogens with zero attached hydrogens (tertiary/aromatic N) is 4. The summed E-state index contributed by atoms with van der Waals surface area (Å²) in [6.45, 7) is 3.59. The lowest BCUT2D eigenvalue weighted by atomic mass is 10.0. The van der Waals surface area contributed by atoms with Crippen LogP contribution < -0.4 is 5.43 Å². The molecule has 8 nitrogen and oxygen atoms in total. The summed E-state index contributed by atoms with van der Waals surface area (Å²) in [5, 5.41) is 2.00. The van der Waals surface area contributed by atoms with E-state index in [2.05, 4.69) is 15.4 Å². The number of aryl methyl sites for hydroxylation is 2. The Morgan fingerprint density at radius 2 is 1.74 bits per heavy atom. The van der Waals surface area contributed by atoms with Crippen LogP contribution in [0.5, 0.6) is 0 Å². The number of hydrazine groups is 1. The van der Waals surface area contributed by atoms with E-state index in [0.717, 1.165) is 5.01 Å². The molecule has 0 saturated carbocycles. The standard InChI is InChI=1S/C22H17N5O3S/c1-3-14-17-16(13-8-4-5-9-15(13)24-14)20(29)27(21(17)30)25-19(28)18-12(2)23-22(31-18)26-10-6-7-11-26/h4-11H,3H2,1-2H3,(H,25,28). The first-order valence-electron chi connectivity index (χ1n) is 9.71. The third kappa shape index (κ3) is 2.93. The molecule has 154 valence electrons. The zero-order valence-electron chi connectivity index (χ0n) is 16.7. The lowest BCUT2D eigenvalue weighted by Crippen LogP contribution is -2.45. The van der Waals surface area contributed by atoms with Gasteiger partial charge in [-0.05, 0) is 31.5 Å². The molecule has 3 amide bonds. The number of rotatable bonds is 4. The summed E-state index contributed by atoms with van der Waals surface area (Å²) >= 11 is 1.18. The Morgan fingerprint density at radius 1 is 1.03 bits per heavy atom. The van der Waals surface area contributed by atoms with Crippen LogP contribution >= 0.6 is 11.3 Å². The van der Waals surface area contributed by atoms with E-state index in [1.54, 1.807) is 29.7 Å². The first-order chi connectivity index (χ1) is 15.0. The minimum absolute atomic E-state index is 0.251. The first-order valence-corrected chi connectivity index (χ1v) is 10.5. The lowest BCUT2D eigenvalue weighted by Gasteiger charge is -2.14. The van der Waals surface area contributed by atoms with Crippen molar-refractivity contribution in [1.29, 1.82) is 0 Å². The number of thiazole rings is 1. The quantitative estimate of drug-likeness (QED) is 0.500. The van der Waals surface area contributed by atoms with Crippen LogP contribution in [0.4, 0.5) is 0 Å². The largest absolute Gasteiger partial charge is 0.300 e. The van der Waals surface area contributed by atoms with Gasteiger partial charge in [0.05, 0.1) is 28.0 Å². The summed E-state index contributed by atoms with van der Waals surface area (Å²) in [7, 11) is 0. The Morgan fingerprint density at radius 3 is 2.48 bits per heavy atom. The Labute approximate surface area is 181 Å². The van der Waals surface area contributed by atoms with E-state index in [0.29, 0.717) is 38.7 Å². The molecule has 1 aliphatic rings. The van der Waals surface area contributed by atoms with E-state index in [9.17, 15) is 14.4 Å². The molecule has 31 heavy (non-hydrogen) atoms. The number of para-hydroxylation sites is 1. The highest BCUT2D eigenvalue weighted by Gasteiger charge is 2.41. The van der Waals surface area contributed by atoms with Gasteiger partial charge in [0.1, 0.15) is 4.88 Å². The first kappa shape index (κ1) is 19.1. The van der Waals surface area contributed by atoms with Crippen molar-refractivity contribution >= 4 is 40.0 Å². The van der Waals surface area contributed by atoms with Gasteiger partial charge in [0.25, 0.3) is 17.7 Å². The van der Waals surface area contributed by atoms with Crippen molar-refractivity contribution in [1.82, 2.24) is 25.0 Å². The predicted molar refractivity (Wildman–Crippen MR) is 115 cm³/mol. The van der Waals surface area contributed by atoms with Crippen molar-refractivity contribution in [2.24, 2.45) is 0 Å². The molecule has 0 atom stereocenters. The molecular weight excluding hydrogens is 414 g/mol. The van der Waals surface area contributed by atoms with Gasteiger partial charge in [-0.15, -0.1) is 0 Å². The lowest BCUT2D eigenvalue weighted by molar-refractivity contribution is 0.0519. The summed E-state index contributed by atoms with van der Waals surface area (Å²) in [5.74, 6) is -1.69. The topological polar surface area (TPSA) is 97.2 Å². The summed E-state index contributed by atoms with van der Waals surface area (Å²) in [6, 6.07) is 10.9. The Bertz CT molecular complexity index is 1370. The van der Waals surface area contributed by atoms with Gasteiger partial charge in [0.2, 0.25) is 0 Å². The van der Waals surface area contributed by atoms with E-state index in [-0.39, 0.29) is 11.1 Å². The van der Waals surface area contributed by atoms with Gasteiger partial charge >= 0.3 is 0 Å². The number of amides is 3. The van der Waals surface area contributed by atoms with Gasteiger partial charge in [-0.25, -0.2) is 4.98 Å². The van der Waals surface area contributed by atoms with E-state index < -0.39 is 17.7 Å². The maximum Gasteiger partial charge on any atom is 0.282 e. The fraction of sp³-hybridized carbons (Fsp3) is 0.136. The molecule has 5 rings (SSSR count). The van der Waals surface area contributed by atoms with Crippen LogP contribution in [0.15, 0.2) is 48.8 Å². The molecule has 1 aliphatic heterocycles. The van der Waals surface area contributed by atoms with Crippen LogP contribution in [0.2, 0.25) is 0 Å². The number of carbonyl (C=O) groups is 3. The number of fused-ring (bicyclic) bond motifs is 3. The van der Waals surface area contributed by atoms with E-state index in [4.69, 9.17) is 0 Å². The summed E-state index contributed by atoms with van der Waals surface area (Å²) in [4.78, 5) is 48.5. The van der Waals surface area contributed by atoms with Gasteiger partial charge in [0, 0.05) is 17.8 Å². The predicted octanol–water partition coefficient (Wildman–Crippen LogP) is 3.29. The maximum absolute atomic E-state index is 13.2. The Hall–Kier alpha value is -3.85. The summed E-state index contributed by atoms with van der Waals surface area (Å²) < 4.78 is 1.79. The second-order valence-electron chi connectivity index (χ2n) is 7.07. The van der Waals surface area contributed by atoms with Crippen LogP contribution in [0.1, 0.15) is 48.7 Å². The second-order valence-corrected chi connectivity index (χ2v) is 8.04. The summed E-state index contributed by atoms with van der Waals surface area (Å²) in [6.07, 6.45) is 4.14. The smallest absolute Gasteiger partial charge is 0.282 e.